The number of nitrogens with one attached hydrogen (secondary N) is 1. The predicted octanol–water partition coefficient (Wildman–Crippen LogP) is 2.64. The van der Waals surface area contributed by atoms with Crippen molar-refractivity contribution in [3.63, 3.8) is 0 Å². The summed E-state index contributed by atoms with van der Waals surface area (Å²) >= 11 is 0. The molecule has 1 fully saturated rings. The molecule has 1 heterocycles. The highest BCUT2D eigenvalue weighted by molar-refractivity contribution is 5.96. The highest BCUT2D eigenvalue weighted by atomic mass is 16.2. The average molecular weight is 275 g/mol. The fraction of sp³-hybridized carbons (Fsp3) is 0.562. The molecule has 0 bridgehead atoms. The number of carbonyl (C=O) groups is 1. The van der Waals surface area contributed by atoms with Crippen molar-refractivity contribution in [2.45, 2.75) is 39.7 Å². The van der Waals surface area contributed by atoms with Crippen molar-refractivity contribution in [2.24, 2.45) is 5.92 Å². The molecule has 1 saturated heterocycles. The van der Waals surface area contributed by atoms with Crippen LogP contribution in [0, 0.1) is 12.8 Å². The SMILES string of the molecule is Cc1cccc(N)c1NC(=O)CN1CCCC(C)C1C. The van der Waals surface area contributed by atoms with Crippen LogP contribution in [0.3, 0.4) is 0 Å². The summed E-state index contributed by atoms with van der Waals surface area (Å²) in [5, 5.41) is 2.96. The summed E-state index contributed by atoms with van der Waals surface area (Å²) in [6.45, 7) is 7.87. The third kappa shape index (κ3) is 3.31. The maximum atomic E-state index is 12.2. The number of amides is 1. The van der Waals surface area contributed by atoms with Crippen molar-refractivity contribution >= 4 is 17.3 Å². The Labute approximate surface area is 121 Å². The van der Waals surface area contributed by atoms with Crippen molar-refractivity contribution in [3.05, 3.63) is 23.8 Å². The lowest BCUT2D eigenvalue weighted by molar-refractivity contribution is -0.118. The number of benzene rings is 1. The number of nitrogens with zero attached hydrogens (tertiary/aromatic N) is 1. The lowest BCUT2D eigenvalue weighted by atomic mass is 9.92. The van der Waals surface area contributed by atoms with Crippen LogP contribution >= 0.6 is 0 Å². The quantitative estimate of drug-likeness (QED) is 0.834. The summed E-state index contributed by atoms with van der Waals surface area (Å²) < 4.78 is 0. The van der Waals surface area contributed by atoms with Crippen LogP contribution in [0.5, 0.6) is 0 Å². The van der Waals surface area contributed by atoms with E-state index in [2.05, 4.69) is 24.1 Å². The predicted molar refractivity (Wildman–Crippen MR) is 83.7 cm³/mol. The van der Waals surface area contributed by atoms with Gasteiger partial charge in [0.25, 0.3) is 0 Å². The van der Waals surface area contributed by atoms with Gasteiger partial charge in [-0.2, -0.15) is 0 Å². The molecule has 0 spiro atoms. The molecule has 1 amide bonds. The third-order valence-electron chi connectivity index (χ3n) is 4.42. The molecule has 3 N–H and O–H groups in total. The third-order valence-corrected chi connectivity index (χ3v) is 4.42. The summed E-state index contributed by atoms with van der Waals surface area (Å²) in [6, 6.07) is 6.13. The summed E-state index contributed by atoms with van der Waals surface area (Å²) in [4.78, 5) is 14.5. The number of para-hydroxylation sites is 1. The first-order valence-electron chi connectivity index (χ1n) is 7.38. The Morgan fingerprint density at radius 1 is 1.45 bits per heavy atom. The fourth-order valence-electron chi connectivity index (χ4n) is 2.87. The molecule has 1 aromatic carbocycles. The molecule has 1 aliphatic rings. The minimum atomic E-state index is 0.0203. The first-order chi connectivity index (χ1) is 9.49. The molecule has 0 aromatic heterocycles. The maximum Gasteiger partial charge on any atom is 0.238 e. The minimum Gasteiger partial charge on any atom is -0.397 e. The van der Waals surface area contributed by atoms with Gasteiger partial charge in [-0.15, -0.1) is 0 Å². The fourth-order valence-corrected chi connectivity index (χ4v) is 2.87. The number of nitrogen functional groups attached to an aromatic ring is 1. The van der Waals surface area contributed by atoms with Gasteiger partial charge in [0.05, 0.1) is 17.9 Å². The Bertz CT molecular complexity index is 466. The van der Waals surface area contributed by atoms with E-state index in [9.17, 15) is 4.79 Å². The van der Waals surface area contributed by atoms with Crippen LogP contribution in [-0.2, 0) is 4.79 Å². The molecule has 1 aliphatic heterocycles. The second-order valence-corrected chi connectivity index (χ2v) is 5.92. The van der Waals surface area contributed by atoms with Gasteiger partial charge in [0.1, 0.15) is 0 Å². The topological polar surface area (TPSA) is 58.4 Å². The zero-order chi connectivity index (χ0) is 14.7. The van der Waals surface area contributed by atoms with Crippen LogP contribution < -0.4 is 11.1 Å². The number of piperidine rings is 1. The number of hydrogen-bond acceptors (Lipinski definition) is 3. The van der Waals surface area contributed by atoms with E-state index in [4.69, 9.17) is 5.73 Å². The number of nitrogens with two attached hydrogens (primary N) is 1. The molecule has 0 saturated carbocycles. The van der Waals surface area contributed by atoms with Gasteiger partial charge in [0, 0.05) is 6.04 Å². The van der Waals surface area contributed by atoms with Gasteiger partial charge in [0.2, 0.25) is 5.91 Å². The molecular weight excluding hydrogens is 250 g/mol. The summed E-state index contributed by atoms with van der Waals surface area (Å²) in [7, 11) is 0. The molecule has 20 heavy (non-hydrogen) atoms. The zero-order valence-electron chi connectivity index (χ0n) is 12.6. The van der Waals surface area contributed by atoms with Crippen LogP contribution in [0.1, 0.15) is 32.3 Å². The highest BCUT2D eigenvalue weighted by Crippen LogP contribution is 2.24. The minimum absolute atomic E-state index is 0.0203. The molecule has 2 rings (SSSR count). The van der Waals surface area contributed by atoms with Crippen LogP contribution in [0.4, 0.5) is 11.4 Å². The van der Waals surface area contributed by atoms with Crippen molar-refractivity contribution < 1.29 is 4.79 Å². The van der Waals surface area contributed by atoms with Crippen molar-refractivity contribution in [1.82, 2.24) is 4.90 Å². The standard InChI is InChI=1S/C16H25N3O/c1-11-7-5-9-19(13(11)3)10-15(20)18-16-12(2)6-4-8-14(16)17/h4,6,8,11,13H,5,7,9-10,17H2,1-3H3,(H,18,20). The number of likely N-dealkylation sites (tertiary alicyclic amines) is 1. The molecule has 1 aromatic rings. The summed E-state index contributed by atoms with van der Waals surface area (Å²) in [5.41, 5.74) is 8.29. The van der Waals surface area contributed by atoms with Gasteiger partial charge in [-0.1, -0.05) is 19.1 Å². The van der Waals surface area contributed by atoms with E-state index in [0.717, 1.165) is 17.8 Å². The Morgan fingerprint density at radius 3 is 2.90 bits per heavy atom. The van der Waals surface area contributed by atoms with Crippen LogP contribution in [0.2, 0.25) is 0 Å². The van der Waals surface area contributed by atoms with E-state index in [0.29, 0.717) is 24.2 Å². The number of rotatable bonds is 3. The van der Waals surface area contributed by atoms with Gasteiger partial charge in [-0.3, -0.25) is 9.69 Å². The van der Waals surface area contributed by atoms with Crippen LogP contribution in [0.25, 0.3) is 0 Å². The van der Waals surface area contributed by atoms with Gasteiger partial charge in [0.15, 0.2) is 0 Å². The van der Waals surface area contributed by atoms with E-state index < -0.39 is 0 Å². The molecule has 2 unspecified atom stereocenters. The van der Waals surface area contributed by atoms with Gasteiger partial charge >= 0.3 is 0 Å². The summed E-state index contributed by atoms with van der Waals surface area (Å²) in [6.07, 6.45) is 2.43. The van der Waals surface area contributed by atoms with Crippen molar-refractivity contribution in [1.29, 1.82) is 0 Å². The van der Waals surface area contributed by atoms with E-state index in [-0.39, 0.29) is 5.91 Å². The molecule has 2 atom stereocenters. The first kappa shape index (κ1) is 14.9. The lowest BCUT2D eigenvalue weighted by Gasteiger charge is -2.37. The second-order valence-electron chi connectivity index (χ2n) is 5.92. The number of hydrogen-bond donors (Lipinski definition) is 2. The molecule has 4 nitrogen and oxygen atoms in total. The largest absolute Gasteiger partial charge is 0.397 e. The zero-order valence-corrected chi connectivity index (χ0v) is 12.6. The number of carbonyl (C=O) groups excluding carboxylic acids is 1. The van der Waals surface area contributed by atoms with Gasteiger partial charge in [-0.05, 0) is 50.8 Å². The highest BCUT2D eigenvalue weighted by Gasteiger charge is 2.26. The normalized spacial score (nSPS) is 23.6. The molecular formula is C16H25N3O. The van der Waals surface area contributed by atoms with E-state index in [1.807, 2.05) is 25.1 Å². The van der Waals surface area contributed by atoms with E-state index in [1.165, 1.54) is 12.8 Å². The monoisotopic (exact) mass is 275 g/mol. The number of aryl methyl sites for hydroxylation is 1. The summed E-state index contributed by atoms with van der Waals surface area (Å²) in [5.74, 6) is 0.673. The smallest absolute Gasteiger partial charge is 0.238 e. The number of anilines is 2. The Hall–Kier alpha value is -1.55. The maximum absolute atomic E-state index is 12.2. The Kier molecular flexibility index (Phi) is 4.65. The Morgan fingerprint density at radius 2 is 2.20 bits per heavy atom. The van der Waals surface area contributed by atoms with Crippen LogP contribution in [-0.4, -0.2) is 29.9 Å². The average Bonchev–Trinajstić information content (AvgIpc) is 2.39. The first-order valence-corrected chi connectivity index (χ1v) is 7.38. The van der Waals surface area contributed by atoms with E-state index in [1.54, 1.807) is 0 Å². The molecule has 0 radical (unpaired) electrons. The van der Waals surface area contributed by atoms with Crippen molar-refractivity contribution in [2.75, 3.05) is 24.1 Å². The molecule has 110 valence electrons. The van der Waals surface area contributed by atoms with Crippen molar-refractivity contribution in [3.8, 4) is 0 Å². The van der Waals surface area contributed by atoms with Gasteiger partial charge < -0.3 is 11.1 Å². The van der Waals surface area contributed by atoms with Crippen LogP contribution in [0.15, 0.2) is 18.2 Å². The Balaban J connectivity index is 1.99. The second kappa shape index (κ2) is 6.27. The van der Waals surface area contributed by atoms with E-state index >= 15 is 0 Å². The van der Waals surface area contributed by atoms with Gasteiger partial charge in [-0.25, -0.2) is 0 Å². The lowest BCUT2D eigenvalue weighted by Crippen LogP contribution is -2.46. The molecule has 4 heteroatoms. The molecule has 0 aliphatic carbocycles.